The molecular formula is C26H35BO8S2. The van der Waals surface area contributed by atoms with Gasteiger partial charge < -0.3 is 9.31 Å². The van der Waals surface area contributed by atoms with E-state index in [4.69, 9.17) is 9.31 Å². The second-order valence-corrected chi connectivity index (χ2v) is 13.4. The highest BCUT2D eigenvalue weighted by molar-refractivity contribution is 7.86. The van der Waals surface area contributed by atoms with E-state index in [1.54, 1.807) is 24.3 Å². The molecule has 1 fully saturated rings. The van der Waals surface area contributed by atoms with Crippen LogP contribution in [0.4, 0.5) is 0 Å². The van der Waals surface area contributed by atoms with E-state index in [-0.39, 0.29) is 9.79 Å². The molecule has 0 atom stereocenters. The van der Waals surface area contributed by atoms with E-state index in [1.165, 1.54) is 12.1 Å². The van der Waals surface area contributed by atoms with Crippen LogP contribution in [0, 0.1) is 13.8 Å². The lowest BCUT2D eigenvalue weighted by Crippen LogP contribution is -2.41. The van der Waals surface area contributed by atoms with Gasteiger partial charge in [-0.25, -0.2) is 0 Å². The highest BCUT2D eigenvalue weighted by atomic mass is 32.2. The molecule has 1 aliphatic rings. The highest BCUT2D eigenvalue weighted by Crippen LogP contribution is 2.39. The molecule has 1 heterocycles. The van der Waals surface area contributed by atoms with Crippen LogP contribution in [0.25, 0.3) is 0 Å². The normalized spacial score (nSPS) is 17.8. The molecule has 2 N–H and O–H groups in total. The summed E-state index contributed by atoms with van der Waals surface area (Å²) in [5, 5.41) is 0. The van der Waals surface area contributed by atoms with Gasteiger partial charge in [0.1, 0.15) is 0 Å². The first kappa shape index (κ1) is 29.5. The largest absolute Gasteiger partial charge is 0.490 e. The maximum atomic E-state index is 11.9. The summed E-state index contributed by atoms with van der Waals surface area (Å²) >= 11 is 0. The van der Waals surface area contributed by atoms with Gasteiger partial charge in [0, 0.05) is 0 Å². The molecule has 2 aromatic carbocycles. The lowest BCUT2D eigenvalue weighted by atomic mass is 9.74. The van der Waals surface area contributed by atoms with Gasteiger partial charge >= 0.3 is 7.12 Å². The van der Waals surface area contributed by atoms with Crippen molar-refractivity contribution in [3.05, 3.63) is 70.2 Å². The average molecular weight is 551 g/mol. The fourth-order valence-corrected chi connectivity index (χ4v) is 5.78. The summed E-state index contributed by atoms with van der Waals surface area (Å²) in [6, 6.07) is 9.52. The third kappa shape index (κ3) is 7.10. The summed E-state index contributed by atoms with van der Waals surface area (Å²) in [5.41, 5.74) is 2.32. The van der Waals surface area contributed by atoms with Gasteiger partial charge in [0.05, 0.1) is 21.0 Å². The Morgan fingerprint density at radius 2 is 1.24 bits per heavy atom. The predicted octanol–water partition coefficient (Wildman–Crippen LogP) is 4.92. The Kier molecular flexibility index (Phi) is 8.48. The van der Waals surface area contributed by atoms with Crippen LogP contribution in [0.1, 0.15) is 62.8 Å². The summed E-state index contributed by atoms with van der Waals surface area (Å²) in [5.74, 6) is 0. The summed E-state index contributed by atoms with van der Waals surface area (Å²) in [6.07, 6.45) is 3.40. The number of hydrogen-bond acceptors (Lipinski definition) is 6. The van der Waals surface area contributed by atoms with E-state index in [0.29, 0.717) is 36.8 Å². The minimum atomic E-state index is -4.39. The van der Waals surface area contributed by atoms with Crippen molar-refractivity contribution < 1.29 is 35.2 Å². The van der Waals surface area contributed by atoms with Gasteiger partial charge in [0.25, 0.3) is 20.2 Å². The fourth-order valence-electron chi connectivity index (χ4n) is 4.31. The van der Waals surface area contributed by atoms with E-state index >= 15 is 0 Å². The fraction of sp³-hybridized carbons (Fsp3) is 0.462. The molecule has 2 aromatic rings. The van der Waals surface area contributed by atoms with Crippen molar-refractivity contribution in [3.63, 3.8) is 0 Å². The smallest absolute Gasteiger partial charge is 0.400 e. The zero-order valence-corrected chi connectivity index (χ0v) is 23.7. The summed E-state index contributed by atoms with van der Waals surface area (Å²) in [4.78, 5) is -0.259. The first-order chi connectivity index (χ1) is 16.9. The minimum Gasteiger partial charge on any atom is -0.400 e. The molecule has 0 spiro atoms. The maximum Gasteiger partial charge on any atom is 0.490 e. The van der Waals surface area contributed by atoms with Crippen LogP contribution in [0.15, 0.2) is 57.7 Å². The van der Waals surface area contributed by atoms with Crippen molar-refractivity contribution in [2.24, 2.45) is 0 Å². The first-order valence-corrected chi connectivity index (χ1v) is 15.0. The Balaban J connectivity index is 1.92. The maximum absolute atomic E-state index is 11.9. The van der Waals surface area contributed by atoms with Crippen LogP contribution in [-0.2, 0) is 42.4 Å². The Hall–Kier alpha value is -2.02. The number of aryl methyl sites for hydroxylation is 4. The third-order valence-corrected chi connectivity index (χ3v) is 8.96. The minimum absolute atomic E-state index is 0.124. The van der Waals surface area contributed by atoms with Crippen molar-refractivity contribution in [2.75, 3.05) is 0 Å². The summed E-state index contributed by atoms with van der Waals surface area (Å²) in [7, 11) is -9.44. The molecule has 0 saturated carbocycles. The van der Waals surface area contributed by atoms with Crippen molar-refractivity contribution in [2.45, 2.75) is 88.2 Å². The van der Waals surface area contributed by atoms with Crippen molar-refractivity contribution >= 4 is 27.4 Å². The van der Waals surface area contributed by atoms with Gasteiger partial charge in [0.2, 0.25) is 0 Å². The van der Waals surface area contributed by atoms with Gasteiger partial charge in [-0.1, -0.05) is 41.5 Å². The van der Waals surface area contributed by atoms with E-state index in [2.05, 4.69) is 0 Å². The molecule has 0 aromatic heterocycles. The molecule has 8 nitrogen and oxygen atoms in total. The Morgan fingerprint density at radius 1 is 0.811 bits per heavy atom. The molecule has 1 aliphatic heterocycles. The molecule has 1 saturated heterocycles. The topological polar surface area (TPSA) is 127 Å². The molecule has 3 rings (SSSR count). The average Bonchev–Trinajstić information content (AvgIpc) is 2.95. The lowest BCUT2D eigenvalue weighted by Gasteiger charge is -2.32. The van der Waals surface area contributed by atoms with E-state index in [0.717, 1.165) is 16.6 Å². The van der Waals surface area contributed by atoms with Crippen molar-refractivity contribution in [1.29, 1.82) is 0 Å². The number of benzene rings is 2. The number of allylic oxidation sites excluding steroid dienone is 2. The third-order valence-electron chi connectivity index (χ3n) is 7.05. The van der Waals surface area contributed by atoms with E-state index in [1.807, 2.05) is 47.6 Å². The van der Waals surface area contributed by atoms with Crippen LogP contribution < -0.4 is 0 Å². The van der Waals surface area contributed by atoms with Gasteiger partial charge in [0.15, 0.2) is 0 Å². The molecule has 11 heteroatoms. The quantitative estimate of drug-likeness (QED) is 0.333. The van der Waals surface area contributed by atoms with E-state index < -0.39 is 38.6 Å². The number of rotatable bonds is 9. The molecular weight excluding hydrogens is 515 g/mol. The zero-order chi connectivity index (χ0) is 27.8. The SMILES string of the molecule is Cc1ccc(S(=O)(=O)O)c(CCC=C(CCc2cc(C)ccc2S(=O)(=O)O)B2OC(C)(C)C(C)(C)O2)c1. The molecule has 0 unspecified atom stereocenters. The van der Waals surface area contributed by atoms with Gasteiger partial charge in [-0.05, 0) is 96.0 Å². The molecule has 0 radical (unpaired) electrons. The van der Waals surface area contributed by atoms with Crippen molar-refractivity contribution in [1.82, 2.24) is 0 Å². The van der Waals surface area contributed by atoms with Crippen molar-refractivity contribution in [3.8, 4) is 0 Å². The zero-order valence-electron chi connectivity index (χ0n) is 22.1. The first-order valence-electron chi connectivity index (χ1n) is 12.1. The van der Waals surface area contributed by atoms with Crippen LogP contribution >= 0.6 is 0 Å². The Morgan fingerprint density at radius 3 is 1.68 bits per heavy atom. The van der Waals surface area contributed by atoms with Gasteiger partial charge in [-0.3, -0.25) is 9.11 Å². The Bertz CT molecular complexity index is 1390. The van der Waals surface area contributed by atoms with Crippen LogP contribution in [0.3, 0.4) is 0 Å². The predicted molar refractivity (Wildman–Crippen MR) is 143 cm³/mol. The van der Waals surface area contributed by atoms with Crippen LogP contribution in [0.2, 0.25) is 0 Å². The highest BCUT2D eigenvalue weighted by Gasteiger charge is 2.52. The van der Waals surface area contributed by atoms with Gasteiger partial charge in [-0.2, -0.15) is 16.8 Å². The van der Waals surface area contributed by atoms with Gasteiger partial charge in [-0.15, -0.1) is 0 Å². The van der Waals surface area contributed by atoms with E-state index in [9.17, 15) is 25.9 Å². The molecule has 0 aliphatic carbocycles. The summed E-state index contributed by atoms with van der Waals surface area (Å²) in [6.45, 7) is 11.4. The Labute approximate surface area is 220 Å². The molecule has 0 bridgehead atoms. The standard InChI is InChI=1S/C26H35BO8S2/c1-18-10-14-23(36(28,29)30)20(16-18)8-7-9-22(27-34-25(3,4)26(5,6)35-27)13-12-21-17-19(2)11-15-24(21)37(31,32)33/h9-11,14-17H,7-8,12-13H2,1-6H3,(H,28,29,30)(H,31,32,33). The summed E-state index contributed by atoms with van der Waals surface area (Å²) < 4.78 is 79.4. The second-order valence-electron chi connectivity index (χ2n) is 10.6. The molecule has 37 heavy (non-hydrogen) atoms. The second kappa shape index (κ2) is 10.6. The van der Waals surface area contributed by atoms with Crippen LogP contribution in [-0.4, -0.2) is 44.3 Å². The molecule has 0 amide bonds. The number of hydrogen-bond donors (Lipinski definition) is 2. The molecule has 202 valence electrons. The monoisotopic (exact) mass is 550 g/mol. The van der Waals surface area contributed by atoms with Crippen LogP contribution in [0.5, 0.6) is 0 Å². The lowest BCUT2D eigenvalue weighted by molar-refractivity contribution is 0.00578.